The maximum Gasteiger partial charge on any atom is 0.309 e. The highest BCUT2D eigenvalue weighted by Gasteiger charge is 2.35. The molecule has 0 spiro atoms. The summed E-state index contributed by atoms with van der Waals surface area (Å²) < 4.78 is 13.2. The number of benzene rings is 2. The molecule has 5 rings (SSSR count). The Balaban J connectivity index is 1.50. The van der Waals surface area contributed by atoms with Gasteiger partial charge in [-0.3, -0.25) is 14.2 Å². The van der Waals surface area contributed by atoms with Crippen molar-refractivity contribution in [1.82, 2.24) is 14.4 Å². The second kappa shape index (κ2) is 9.45. The fourth-order valence-electron chi connectivity index (χ4n) is 4.79. The summed E-state index contributed by atoms with van der Waals surface area (Å²) in [5.41, 5.74) is 3.93. The van der Waals surface area contributed by atoms with E-state index in [1.807, 2.05) is 67.0 Å². The standard InChI is InChI=1S/C27H27N3O3/c1-32-27(31)23-13-6-5-12-22(23)25-24-17-28-14-15-30(24)26(29-25)20-10-7-11-21(16-20)33-18-19-8-3-2-4-9-19/h2-4,7-11,14-17,22-23H,5-6,12-13,18H2,1H3. The molecule has 33 heavy (non-hydrogen) atoms. The van der Waals surface area contributed by atoms with E-state index in [0.29, 0.717) is 6.61 Å². The fourth-order valence-corrected chi connectivity index (χ4v) is 4.79. The molecule has 6 heteroatoms. The lowest BCUT2D eigenvalue weighted by Crippen LogP contribution is -2.27. The highest BCUT2D eigenvalue weighted by molar-refractivity contribution is 5.75. The molecule has 1 aliphatic carbocycles. The summed E-state index contributed by atoms with van der Waals surface area (Å²) >= 11 is 0. The van der Waals surface area contributed by atoms with Gasteiger partial charge in [0.2, 0.25) is 0 Å². The third-order valence-electron chi connectivity index (χ3n) is 6.44. The van der Waals surface area contributed by atoms with Crippen LogP contribution in [0.15, 0.2) is 73.2 Å². The second-order valence-corrected chi connectivity index (χ2v) is 8.47. The van der Waals surface area contributed by atoms with E-state index in [-0.39, 0.29) is 17.8 Å². The molecule has 168 valence electrons. The van der Waals surface area contributed by atoms with Crippen LogP contribution in [0.1, 0.15) is 42.9 Å². The van der Waals surface area contributed by atoms with E-state index in [9.17, 15) is 4.79 Å². The van der Waals surface area contributed by atoms with Crippen molar-refractivity contribution in [2.24, 2.45) is 5.92 Å². The molecule has 0 saturated heterocycles. The fraction of sp³-hybridized carbons (Fsp3) is 0.296. The van der Waals surface area contributed by atoms with Crippen molar-refractivity contribution in [3.05, 3.63) is 84.4 Å². The van der Waals surface area contributed by atoms with Gasteiger partial charge in [0.15, 0.2) is 0 Å². The number of fused-ring (bicyclic) bond motifs is 1. The lowest BCUT2D eigenvalue weighted by Gasteiger charge is -2.28. The zero-order valence-corrected chi connectivity index (χ0v) is 18.7. The third kappa shape index (κ3) is 4.33. The Morgan fingerprint density at radius 3 is 2.79 bits per heavy atom. The second-order valence-electron chi connectivity index (χ2n) is 8.47. The van der Waals surface area contributed by atoms with Crippen molar-refractivity contribution in [2.45, 2.75) is 38.2 Å². The first-order valence-corrected chi connectivity index (χ1v) is 11.4. The van der Waals surface area contributed by atoms with Crippen molar-refractivity contribution in [2.75, 3.05) is 7.11 Å². The lowest BCUT2D eigenvalue weighted by atomic mass is 9.77. The van der Waals surface area contributed by atoms with Gasteiger partial charge in [-0.05, 0) is 30.5 Å². The molecule has 2 unspecified atom stereocenters. The van der Waals surface area contributed by atoms with Crippen molar-refractivity contribution >= 4 is 11.5 Å². The third-order valence-corrected chi connectivity index (χ3v) is 6.44. The number of esters is 1. The number of hydrogen-bond donors (Lipinski definition) is 0. The quantitative estimate of drug-likeness (QED) is 0.374. The molecule has 2 aromatic heterocycles. The first kappa shape index (κ1) is 21.2. The van der Waals surface area contributed by atoms with Gasteiger partial charge in [0.25, 0.3) is 0 Å². The van der Waals surface area contributed by atoms with E-state index in [4.69, 9.17) is 14.5 Å². The number of carbonyl (C=O) groups excluding carboxylic acids is 1. The van der Waals surface area contributed by atoms with E-state index in [1.165, 1.54) is 7.11 Å². The molecule has 0 radical (unpaired) electrons. The highest BCUT2D eigenvalue weighted by atomic mass is 16.5. The minimum atomic E-state index is -0.170. The number of nitrogens with zero attached hydrogens (tertiary/aromatic N) is 3. The zero-order valence-electron chi connectivity index (χ0n) is 18.7. The summed E-state index contributed by atoms with van der Waals surface area (Å²) in [4.78, 5) is 21.9. The summed E-state index contributed by atoms with van der Waals surface area (Å²) in [6.07, 6.45) is 9.38. The van der Waals surface area contributed by atoms with E-state index in [2.05, 4.69) is 9.38 Å². The van der Waals surface area contributed by atoms with Gasteiger partial charge in [-0.1, -0.05) is 55.3 Å². The number of methoxy groups -OCH3 is 1. The Kier molecular flexibility index (Phi) is 6.07. The molecular weight excluding hydrogens is 414 g/mol. The predicted molar refractivity (Wildman–Crippen MR) is 126 cm³/mol. The van der Waals surface area contributed by atoms with Crippen molar-refractivity contribution < 1.29 is 14.3 Å². The van der Waals surface area contributed by atoms with Gasteiger partial charge in [0.1, 0.15) is 18.2 Å². The molecule has 0 amide bonds. The number of rotatable bonds is 6. The number of imidazole rings is 1. The molecule has 2 heterocycles. The highest BCUT2D eigenvalue weighted by Crippen LogP contribution is 2.41. The summed E-state index contributed by atoms with van der Waals surface area (Å²) in [6.45, 7) is 0.505. The van der Waals surface area contributed by atoms with E-state index in [0.717, 1.165) is 59.6 Å². The maximum atomic E-state index is 12.5. The van der Waals surface area contributed by atoms with Crippen LogP contribution in [-0.2, 0) is 16.1 Å². The Morgan fingerprint density at radius 2 is 1.94 bits per heavy atom. The van der Waals surface area contributed by atoms with Gasteiger partial charge in [-0.2, -0.15) is 0 Å². The molecule has 0 N–H and O–H groups in total. The first-order valence-electron chi connectivity index (χ1n) is 11.4. The van der Waals surface area contributed by atoms with Gasteiger partial charge in [0, 0.05) is 23.9 Å². The number of aromatic nitrogens is 3. The first-order chi connectivity index (χ1) is 16.2. The smallest absolute Gasteiger partial charge is 0.309 e. The van der Waals surface area contributed by atoms with Crippen molar-refractivity contribution in [3.8, 4) is 17.1 Å². The van der Waals surface area contributed by atoms with Crippen molar-refractivity contribution in [1.29, 1.82) is 0 Å². The van der Waals surface area contributed by atoms with Crippen LogP contribution < -0.4 is 4.74 Å². The molecule has 1 fully saturated rings. The minimum Gasteiger partial charge on any atom is -0.489 e. The van der Waals surface area contributed by atoms with Crippen LogP contribution in [0.4, 0.5) is 0 Å². The largest absolute Gasteiger partial charge is 0.489 e. The van der Waals surface area contributed by atoms with Crippen LogP contribution in [0.3, 0.4) is 0 Å². The van der Waals surface area contributed by atoms with Crippen LogP contribution in [0.5, 0.6) is 5.75 Å². The van der Waals surface area contributed by atoms with Gasteiger partial charge >= 0.3 is 5.97 Å². The summed E-state index contributed by atoms with van der Waals surface area (Å²) in [7, 11) is 1.47. The lowest BCUT2D eigenvalue weighted by molar-refractivity contribution is -0.147. The Hall–Kier alpha value is -3.67. The van der Waals surface area contributed by atoms with Gasteiger partial charge in [-0.25, -0.2) is 4.98 Å². The molecule has 4 aromatic rings. The average molecular weight is 442 g/mol. The summed E-state index contributed by atoms with van der Waals surface area (Å²) in [5, 5.41) is 0. The van der Waals surface area contributed by atoms with E-state index < -0.39 is 0 Å². The monoisotopic (exact) mass is 441 g/mol. The van der Waals surface area contributed by atoms with E-state index in [1.54, 1.807) is 6.20 Å². The predicted octanol–water partition coefficient (Wildman–Crippen LogP) is 5.42. The Labute approximate surface area is 193 Å². The molecule has 2 aromatic carbocycles. The normalized spacial score (nSPS) is 18.2. The van der Waals surface area contributed by atoms with Crippen LogP contribution in [0, 0.1) is 5.92 Å². The number of carbonyl (C=O) groups is 1. The topological polar surface area (TPSA) is 65.7 Å². The molecule has 1 saturated carbocycles. The SMILES string of the molecule is COC(=O)C1CCCCC1c1nc(-c2cccc(OCc3ccccc3)c2)n2ccncc12. The molecule has 1 aliphatic rings. The molecule has 0 bridgehead atoms. The zero-order chi connectivity index (χ0) is 22.6. The Bertz CT molecular complexity index is 1250. The van der Waals surface area contributed by atoms with E-state index >= 15 is 0 Å². The number of hydrogen-bond acceptors (Lipinski definition) is 5. The summed E-state index contributed by atoms with van der Waals surface area (Å²) in [5.74, 6) is 1.31. The van der Waals surface area contributed by atoms with Gasteiger partial charge in [0.05, 0.1) is 30.4 Å². The van der Waals surface area contributed by atoms with Gasteiger partial charge < -0.3 is 9.47 Å². The Morgan fingerprint density at radius 1 is 1.09 bits per heavy atom. The molecule has 0 aliphatic heterocycles. The van der Waals surface area contributed by atoms with Crippen LogP contribution >= 0.6 is 0 Å². The molecule has 6 nitrogen and oxygen atoms in total. The van der Waals surface area contributed by atoms with Crippen LogP contribution in [0.2, 0.25) is 0 Å². The molecular formula is C27H27N3O3. The average Bonchev–Trinajstić information content (AvgIpc) is 3.27. The maximum absolute atomic E-state index is 12.5. The van der Waals surface area contributed by atoms with Gasteiger partial charge in [-0.15, -0.1) is 0 Å². The summed E-state index contributed by atoms with van der Waals surface area (Å²) in [6, 6.07) is 18.1. The van der Waals surface area contributed by atoms with Crippen molar-refractivity contribution in [3.63, 3.8) is 0 Å². The van der Waals surface area contributed by atoms with Crippen LogP contribution in [0.25, 0.3) is 16.9 Å². The van der Waals surface area contributed by atoms with Crippen LogP contribution in [-0.4, -0.2) is 27.4 Å². The number of ether oxygens (including phenoxy) is 2. The minimum absolute atomic E-state index is 0.0247. The molecule has 2 atom stereocenters.